The van der Waals surface area contributed by atoms with Gasteiger partial charge in [0, 0.05) is 43.6 Å². The maximum Gasteiger partial charge on any atom is 0.405 e. The van der Waals surface area contributed by atoms with Crippen LogP contribution in [-0.4, -0.2) is 77.6 Å². The summed E-state index contributed by atoms with van der Waals surface area (Å²) in [5.41, 5.74) is 1.58. The number of hydrogen-bond acceptors (Lipinski definition) is 6. The van der Waals surface area contributed by atoms with E-state index in [0.29, 0.717) is 32.2 Å². The normalized spacial score (nSPS) is 34.5. The number of ether oxygens (including phenoxy) is 2. The van der Waals surface area contributed by atoms with Gasteiger partial charge in [-0.1, -0.05) is 11.6 Å². The molecule has 5 fully saturated rings. The largest absolute Gasteiger partial charge is 0.484 e. The molecule has 5 aliphatic rings. The van der Waals surface area contributed by atoms with Crippen LogP contribution in [-0.2, 0) is 14.3 Å². The van der Waals surface area contributed by atoms with E-state index >= 15 is 0 Å². The van der Waals surface area contributed by atoms with Crippen LogP contribution in [0.4, 0.5) is 17.6 Å². The van der Waals surface area contributed by atoms with E-state index in [1.807, 2.05) is 0 Å². The Kier molecular flexibility index (Phi) is 5.93. The van der Waals surface area contributed by atoms with Crippen molar-refractivity contribution in [2.24, 2.45) is 0 Å². The summed E-state index contributed by atoms with van der Waals surface area (Å²) >= 11 is 5.63. The Labute approximate surface area is 203 Å². The first-order chi connectivity index (χ1) is 16.4. The number of rotatable bonds is 7. The van der Waals surface area contributed by atoms with Crippen molar-refractivity contribution in [2.45, 2.75) is 67.7 Å². The van der Waals surface area contributed by atoms with Crippen LogP contribution in [0, 0.1) is 5.82 Å². The van der Waals surface area contributed by atoms with Crippen LogP contribution in [0.5, 0.6) is 5.75 Å². The van der Waals surface area contributed by atoms with E-state index in [1.54, 1.807) is 4.90 Å². The fourth-order valence-corrected chi connectivity index (χ4v) is 5.85. The van der Waals surface area contributed by atoms with Gasteiger partial charge in [0.25, 0.3) is 11.8 Å². The number of halogens is 5. The van der Waals surface area contributed by atoms with Gasteiger partial charge in [0.2, 0.25) is 0 Å². The van der Waals surface area contributed by atoms with Crippen molar-refractivity contribution in [3.05, 3.63) is 29.0 Å². The minimum Gasteiger partial charge on any atom is -0.484 e. The lowest BCUT2D eigenvalue weighted by Gasteiger charge is -2.73. The van der Waals surface area contributed by atoms with Crippen LogP contribution in [0.2, 0.25) is 5.02 Å². The standard InChI is InChI=1S/C22H25ClF4N4O4/c1-30-18(7-16(29-30)22(25,26)27)35-15-4-5-31(19(15)33)21-9-20(10-21,11-21)28-17(32)8-34-12-2-3-13(23)14(24)6-12/h2-3,6,15-16,18,29H,4-5,7-11H2,1H3,(H,28,32). The maximum absolute atomic E-state index is 13.5. The van der Waals surface area contributed by atoms with E-state index in [1.165, 1.54) is 24.2 Å². The lowest BCUT2D eigenvalue weighted by atomic mass is 9.43. The molecule has 1 aromatic rings. The van der Waals surface area contributed by atoms with Crippen molar-refractivity contribution in [1.29, 1.82) is 0 Å². The highest BCUT2D eigenvalue weighted by atomic mass is 35.5. The smallest absolute Gasteiger partial charge is 0.405 e. The Morgan fingerprint density at radius 1 is 1.31 bits per heavy atom. The molecule has 0 aromatic heterocycles. The maximum atomic E-state index is 13.5. The Bertz CT molecular complexity index is 1020. The Balaban J connectivity index is 1.09. The second-order valence-electron chi connectivity index (χ2n) is 9.88. The monoisotopic (exact) mass is 520 g/mol. The van der Waals surface area contributed by atoms with Crippen molar-refractivity contribution < 1.29 is 36.6 Å². The van der Waals surface area contributed by atoms with Gasteiger partial charge in [-0.3, -0.25) is 9.59 Å². The SMILES string of the molecule is CN1NC(C(F)(F)F)CC1OC1CCN(C23CC(NC(=O)COc4ccc(Cl)c(F)c4)(C2)C3)C1=O. The Morgan fingerprint density at radius 2 is 2.03 bits per heavy atom. The van der Waals surface area contributed by atoms with Crippen LogP contribution in [0.1, 0.15) is 32.1 Å². The molecular formula is C22H25ClF4N4O4. The molecule has 2 N–H and O–H groups in total. The molecule has 2 heterocycles. The highest BCUT2D eigenvalue weighted by Gasteiger charge is 2.72. The van der Waals surface area contributed by atoms with Gasteiger partial charge in [0.15, 0.2) is 6.61 Å². The van der Waals surface area contributed by atoms with Crippen molar-refractivity contribution in [3.63, 3.8) is 0 Å². The fourth-order valence-electron chi connectivity index (χ4n) is 5.74. The van der Waals surface area contributed by atoms with Gasteiger partial charge in [-0.05, 0) is 31.4 Å². The molecule has 0 radical (unpaired) electrons. The number of likely N-dealkylation sites (tertiary alicyclic amines) is 1. The van der Waals surface area contributed by atoms with Crippen molar-refractivity contribution in [2.75, 3.05) is 20.2 Å². The molecule has 2 aliphatic heterocycles. The zero-order valence-corrected chi connectivity index (χ0v) is 19.6. The number of alkyl halides is 3. The molecule has 2 bridgehead atoms. The average molecular weight is 521 g/mol. The molecule has 3 atom stereocenters. The third-order valence-electron chi connectivity index (χ3n) is 7.34. The van der Waals surface area contributed by atoms with Gasteiger partial charge in [0.05, 0.1) is 5.02 Å². The average Bonchev–Trinajstić information content (AvgIpc) is 3.28. The van der Waals surface area contributed by atoms with Crippen LogP contribution in [0.25, 0.3) is 0 Å². The first kappa shape index (κ1) is 24.5. The number of hydrazine groups is 1. The topological polar surface area (TPSA) is 83.1 Å². The molecule has 2 amide bonds. The van der Waals surface area contributed by atoms with Crippen LogP contribution in [0.15, 0.2) is 18.2 Å². The number of carbonyl (C=O) groups is 2. The second-order valence-corrected chi connectivity index (χ2v) is 10.3. The van der Waals surface area contributed by atoms with Crippen LogP contribution < -0.4 is 15.5 Å². The van der Waals surface area contributed by atoms with Gasteiger partial charge >= 0.3 is 6.18 Å². The molecule has 0 spiro atoms. The minimum atomic E-state index is -4.39. The molecular weight excluding hydrogens is 496 g/mol. The lowest BCUT2D eigenvalue weighted by molar-refractivity contribution is -0.191. The van der Waals surface area contributed by atoms with E-state index in [-0.39, 0.29) is 41.2 Å². The second kappa shape index (κ2) is 8.46. The van der Waals surface area contributed by atoms with Crippen molar-refractivity contribution in [3.8, 4) is 5.75 Å². The number of carbonyl (C=O) groups excluding carboxylic acids is 2. The molecule has 3 saturated carbocycles. The predicted molar refractivity (Wildman–Crippen MR) is 115 cm³/mol. The molecule has 35 heavy (non-hydrogen) atoms. The molecule has 192 valence electrons. The number of benzene rings is 1. The van der Waals surface area contributed by atoms with Crippen molar-refractivity contribution in [1.82, 2.24) is 20.7 Å². The summed E-state index contributed by atoms with van der Waals surface area (Å²) in [7, 11) is 1.47. The van der Waals surface area contributed by atoms with Crippen LogP contribution >= 0.6 is 11.6 Å². The molecule has 3 unspecified atom stereocenters. The van der Waals surface area contributed by atoms with E-state index in [0.717, 1.165) is 6.07 Å². The first-order valence-corrected chi connectivity index (χ1v) is 11.7. The lowest BCUT2D eigenvalue weighted by Crippen LogP contribution is -2.84. The van der Waals surface area contributed by atoms with E-state index < -0.39 is 35.9 Å². The summed E-state index contributed by atoms with van der Waals surface area (Å²) in [6.07, 6.45) is -4.10. The van der Waals surface area contributed by atoms with Gasteiger partial charge in [0.1, 0.15) is 29.9 Å². The first-order valence-electron chi connectivity index (χ1n) is 11.3. The van der Waals surface area contributed by atoms with E-state index in [9.17, 15) is 27.2 Å². The zero-order valence-electron chi connectivity index (χ0n) is 18.8. The molecule has 1 aromatic carbocycles. The minimum absolute atomic E-state index is 0.0394. The highest BCUT2D eigenvalue weighted by molar-refractivity contribution is 6.30. The number of hydrogen-bond donors (Lipinski definition) is 2. The van der Waals surface area contributed by atoms with Gasteiger partial charge in [-0.25, -0.2) is 14.8 Å². The number of nitrogens with zero attached hydrogens (tertiary/aromatic N) is 2. The summed E-state index contributed by atoms with van der Waals surface area (Å²) in [6, 6.07) is 2.21. The van der Waals surface area contributed by atoms with Crippen molar-refractivity contribution >= 4 is 23.4 Å². The molecule has 8 nitrogen and oxygen atoms in total. The van der Waals surface area contributed by atoms with Gasteiger partial charge in [-0.2, -0.15) is 13.2 Å². The van der Waals surface area contributed by atoms with Gasteiger partial charge in [-0.15, -0.1) is 0 Å². The predicted octanol–water partition coefficient (Wildman–Crippen LogP) is 2.36. The molecule has 3 aliphatic carbocycles. The summed E-state index contributed by atoms with van der Waals surface area (Å²) < 4.78 is 63.5. The zero-order chi connectivity index (χ0) is 25.2. The van der Waals surface area contributed by atoms with Crippen LogP contribution in [0.3, 0.4) is 0 Å². The third kappa shape index (κ3) is 4.45. The molecule has 13 heteroatoms. The Hall–Kier alpha value is -2.15. The quantitative estimate of drug-likeness (QED) is 0.537. The van der Waals surface area contributed by atoms with E-state index in [2.05, 4.69) is 10.7 Å². The molecule has 6 rings (SSSR count). The van der Waals surface area contributed by atoms with Gasteiger partial charge < -0.3 is 19.7 Å². The van der Waals surface area contributed by atoms with E-state index in [4.69, 9.17) is 21.1 Å². The Morgan fingerprint density at radius 3 is 2.66 bits per heavy atom. The summed E-state index contributed by atoms with van der Waals surface area (Å²) in [6.45, 7) is 0.182. The fraction of sp³-hybridized carbons (Fsp3) is 0.636. The third-order valence-corrected chi connectivity index (χ3v) is 7.65. The summed E-state index contributed by atoms with van der Waals surface area (Å²) in [5, 5.41) is 4.16. The molecule has 2 saturated heterocycles. The number of nitrogens with one attached hydrogen (secondary N) is 2. The highest BCUT2D eigenvalue weighted by Crippen LogP contribution is 2.64. The summed E-state index contributed by atoms with van der Waals surface area (Å²) in [4.78, 5) is 27.0. The summed E-state index contributed by atoms with van der Waals surface area (Å²) in [5.74, 6) is -1.02. The number of amides is 2.